The topological polar surface area (TPSA) is 75.6 Å². The third-order valence-electron chi connectivity index (χ3n) is 5.89. The lowest BCUT2D eigenvalue weighted by Gasteiger charge is -2.37. The summed E-state index contributed by atoms with van der Waals surface area (Å²) in [6.07, 6.45) is 2.09. The van der Waals surface area contributed by atoms with Crippen LogP contribution < -0.4 is 10.6 Å². The molecule has 7 heteroatoms. The van der Waals surface area contributed by atoms with Gasteiger partial charge in [-0.1, -0.05) is 29.8 Å². The maximum atomic E-state index is 13.0. The van der Waals surface area contributed by atoms with E-state index in [0.717, 1.165) is 24.2 Å². The third kappa shape index (κ3) is 3.85. The van der Waals surface area contributed by atoms with Crippen molar-refractivity contribution in [2.24, 2.45) is 0 Å². The Morgan fingerprint density at radius 2 is 1.97 bits per heavy atom. The molecule has 7 nitrogen and oxygen atoms in total. The number of amides is 2. The largest absolute Gasteiger partial charge is 0.463 e. The number of nitrogens with zero attached hydrogens (tertiary/aromatic N) is 2. The predicted octanol–water partition coefficient (Wildman–Crippen LogP) is 3.04. The molecule has 0 bridgehead atoms. The van der Waals surface area contributed by atoms with Gasteiger partial charge in [-0.15, -0.1) is 0 Å². The molecule has 3 heterocycles. The third-order valence-corrected chi connectivity index (χ3v) is 5.89. The summed E-state index contributed by atoms with van der Waals surface area (Å²) in [4.78, 5) is 27.7. The highest BCUT2D eigenvalue weighted by Gasteiger charge is 2.35. The number of aryl methyl sites for hydroxylation is 1. The van der Waals surface area contributed by atoms with Crippen LogP contribution in [0.1, 0.15) is 42.8 Å². The molecule has 1 aromatic heterocycles. The summed E-state index contributed by atoms with van der Waals surface area (Å²) in [6, 6.07) is 11.3. The van der Waals surface area contributed by atoms with Crippen molar-refractivity contribution in [3.63, 3.8) is 0 Å². The number of carbonyl (C=O) groups is 2. The Hall–Kier alpha value is -3.06. The van der Waals surface area contributed by atoms with Crippen LogP contribution in [0.15, 0.2) is 53.9 Å². The molecule has 0 radical (unpaired) electrons. The molecule has 2 atom stereocenters. The van der Waals surface area contributed by atoms with Crippen LogP contribution in [-0.2, 0) is 16.1 Å². The maximum absolute atomic E-state index is 13.0. The minimum atomic E-state index is -0.544. The molecule has 30 heavy (non-hydrogen) atoms. The summed E-state index contributed by atoms with van der Waals surface area (Å²) >= 11 is 0. The summed E-state index contributed by atoms with van der Waals surface area (Å²) in [5.41, 5.74) is 4.28. The van der Waals surface area contributed by atoms with Gasteiger partial charge >= 0.3 is 12.0 Å². The molecule has 0 fully saturated rings. The second-order valence-corrected chi connectivity index (χ2v) is 7.83. The summed E-state index contributed by atoms with van der Waals surface area (Å²) in [5, 5.41) is 5.78. The molecule has 0 saturated carbocycles. The van der Waals surface area contributed by atoms with Crippen LogP contribution >= 0.6 is 0 Å². The van der Waals surface area contributed by atoms with E-state index in [-0.39, 0.29) is 18.7 Å². The van der Waals surface area contributed by atoms with E-state index in [1.807, 2.05) is 31.2 Å². The fourth-order valence-electron chi connectivity index (χ4n) is 4.25. The molecule has 1 aromatic carbocycles. The van der Waals surface area contributed by atoms with Crippen molar-refractivity contribution in [2.45, 2.75) is 39.4 Å². The second-order valence-electron chi connectivity index (χ2n) is 7.83. The highest BCUT2D eigenvalue weighted by molar-refractivity contribution is 5.95. The van der Waals surface area contributed by atoms with Crippen molar-refractivity contribution in [3.05, 3.63) is 70.7 Å². The van der Waals surface area contributed by atoms with Gasteiger partial charge in [-0.25, -0.2) is 9.59 Å². The first kappa shape index (κ1) is 20.2. The van der Waals surface area contributed by atoms with Gasteiger partial charge in [0.2, 0.25) is 0 Å². The Balaban J connectivity index is 1.70. The Kier molecular flexibility index (Phi) is 5.63. The molecule has 2 N–H and O–H groups in total. The van der Waals surface area contributed by atoms with E-state index < -0.39 is 12.0 Å². The maximum Gasteiger partial charge on any atom is 0.338 e. The number of fused-ring (bicyclic) bond motifs is 1. The summed E-state index contributed by atoms with van der Waals surface area (Å²) in [5.74, 6) is -0.404. The van der Waals surface area contributed by atoms with Crippen molar-refractivity contribution in [1.29, 1.82) is 0 Å². The zero-order valence-electron chi connectivity index (χ0n) is 17.6. The number of hydrogen-bond acceptors (Lipinski definition) is 4. The van der Waals surface area contributed by atoms with Gasteiger partial charge in [-0.3, -0.25) is 4.90 Å². The van der Waals surface area contributed by atoms with Crippen molar-refractivity contribution in [2.75, 3.05) is 19.7 Å². The fourth-order valence-corrected chi connectivity index (χ4v) is 4.25. The van der Waals surface area contributed by atoms with Crippen LogP contribution in [0.25, 0.3) is 0 Å². The van der Waals surface area contributed by atoms with E-state index in [9.17, 15) is 9.59 Å². The van der Waals surface area contributed by atoms with E-state index in [1.165, 1.54) is 5.69 Å². The van der Waals surface area contributed by atoms with Gasteiger partial charge in [0, 0.05) is 43.3 Å². The number of nitrogens with one attached hydrogen (secondary N) is 2. The van der Waals surface area contributed by atoms with E-state index in [0.29, 0.717) is 17.8 Å². The standard InChI is InChI=1S/C23H28N4O3/c1-4-30-22(28)20-18(14-27-13-12-26-11-5-6-19(26)16(27)3)24-23(29)25-21(20)17-9-7-15(2)8-10-17/h5-11,16,21H,4,12-14H2,1-3H3,(H2,24,25,29)/t16-,21+/m0/s1. The monoisotopic (exact) mass is 408 g/mol. The lowest BCUT2D eigenvalue weighted by atomic mass is 9.94. The Bertz CT molecular complexity index is 977. The van der Waals surface area contributed by atoms with E-state index in [1.54, 1.807) is 6.92 Å². The van der Waals surface area contributed by atoms with Crippen molar-refractivity contribution in [1.82, 2.24) is 20.1 Å². The van der Waals surface area contributed by atoms with Gasteiger partial charge in [0.15, 0.2) is 0 Å². The lowest BCUT2D eigenvalue weighted by Crippen LogP contribution is -2.49. The number of ether oxygens (including phenoxy) is 1. The molecule has 158 valence electrons. The molecule has 2 aliphatic heterocycles. The first-order valence-electron chi connectivity index (χ1n) is 10.4. The number of rotatable bonds is 5. The van der Waals surface area contributed by atoms with Crippen LogP contribution in [0, 0.1) is 6.92 Å². The average Bonchev–Trinajstić information content (AvgIpc) is 3.20. The SMILES string of the molecule is CCOC(=O)C1=C(CN2CCn3cccc3[C@@H]2C)NC(=O)N[C@@H]1c1ccc(C)cc1. The first-order valence-corrected chi connectivity index (χ1v) is 10.4. The number of carbonyl (C=O) groups excluding carboxylic acids is 2. The minimum absolute atomic E-state index is 0.175. The van der Waals surface area contributed by atoms with E-state index in [4.69, 9.17) is 4.74 Å². The van der Waals surface area contributed by atoms with Gasteiger partial charge in [0.25, 0.3) is 0 Å². The van der Waals surface area contributed by atoms with Crippen LogP contribution in [-0.4, -0.2) is 41.2 Å². The normalized spacial score (nSPS) is 21.6. The number of aromatic nitrogens is 1. The first-order chi connectivity index (χ1) is 14.5. The molecule has 0 spiro atoms. The van der Waals surface area contributed by atoms with Crippen molar-refractivity contribution >= 4 is 12.0 Å². The molecule has 2 aromatic rings. The van der Waals surface area contributed by atoms with Crippen molar-refractivity contribution < 1.29 is 14.3 Å². The zero-order valence-corrected chi connectivity index (χ0v) is 17.6. The van der Waals surface area contributed by atoms with Crippen LogP contribution in [0.2, 0.25) is 0 Å². The summed E-state index contributed by atoms with van der Waals surface area (Å²) in [6.45, 7) is 8.40. The minimum Gasteiger partial charge on any atom is -0.463 e. The number of urea groups is 1. The number of benzene rings is 1. The molecular weight excluding hydrogens is 380 g/mol. The van der Waals surface area contributed by atoms with Gasteiger partial charge < -0.3 is 19.9 Å². The quantitative estimate of drug-likeness (QED) is 0.746. The van der Waals surface area contributed by atoms with Gasteiger partial charge in [0.1, 0.15) is 0 Å². The summed E-state index contributed by atoms with van der Waals surface area (Å²) < 4.78 is 7.62. The highest BCUT2D eigenvalue weighted by Crippen LogP contribution is 2.31. The Morgan fingerprint density at radius 3 is 2.70 bits per heavy atom. The summed E-state index contributed by atoms with van der Waals surface area (Å²) in [7, 11) is 0. The molecule has 0 aliphatic carbocycles. The molecule has 2 amide bonds. The van der Waals surface area contributed by atoms with E-state index in [2.05, 4.69) is 45.4 Å². The molecule has 0 unspecified atom stereocenters. The lowest BCUT2D eigenvalue weighted by molar-refractivity contribution is -0.139. The Labute approximate surface area is 176 Å². The zero-order chi connectivity index (χ0) is 21.3. The smallest absolute Gasteiger partial charge is 0.338 e. The second kappa shape index (κ2) is 8.36. The predicted molar refractivity (Wildman–Crippen MR) is 114 cm³/mol. The van der Waals surface area contributed by atoms with Crippen LogP contribution in [0.4, 0.5) is 4.79 Å². The van der Waals surface area contributed by atoms with Gasteiger partial charge in [0.05, 0.1) is 18.2 Å². The van der Waals surface area contributed by atoms with Crippen LogP contribution in [0.3, 0.4) is 0 Å². The number of esters is 1. The molecule has 4 rings (SSSR count). The number of hydrogen-bond donors (Lipinski definition) is 2. The fraction of sp³-hybridized carbons (Fsp3) is 0.391. The molecule has 0 saturated heterocycles. The highest BCUT2D eigenvalue weighted by atomic mass is 16.5. The van der Waals surface area contributed by atoms with Gasteiger partial charge in [-0.05, 0) is 38.5 Å². The Morgan fingerprint density at radius 1 is 1.20 bits per heavy atom. The molecule has 2 aliphatic rings. The van der Waals surface area contributed by atoms with Crippen molar-refractivity contribution in [3.8, 4) is 0 Å². The van der Waals surface area contributed by atoms with Crippen LogP contribution in [0.5, 0.6) is 0 Å². The molecular formula is C23H28N4O3. The van der Waals surface area contributed by atoms with Gasteiger partial charge in [-0.2, -0.15) is 0 Å². The van der Waals surface area contributed by atoms with E-state index >= 15 is 0 Å². The average molecular weight is 409 g/mol.